The number of anilines is 1. The van der Waals surface area contributed by atoms with Gasteiger partial charge in [-0.1, -0.05) is 23.8 Å². The fraction of sp³-hybridized carbons (Fsp3) is 0.263. The van der Waals surface area contributed by atoms with E-state index in [1.54, 1.807) is 13.4 Å². The van der Waals surface area contributed by atoms with Crippen molar-refractivity contribution in [2.24, 2.45) is 0 Å². The van der Waals surface area contributed by atoms with Gasteiger partial charge in [0, 0.05) is 11.9 Å². The smallest absolute Gasteiger partial charge is 0.137 e. The van der Waals surface area contributed by atoms with Crippen molar-refractivity contribution in [2.75, 3.05) is 19.0 Å². The van der Waals surface area contributed by atoms with Gasteiger partial charge in [-0.2, -0.15) is 0 Å². The molecule has 0 aliphatic carbocycles. The van der Waals surface area contributed by atoms with E-state index in [0.29, 0.717) is 0 Å². The third-order valence-electron chi connectivity index (χ3n) is 3.88. The highest BCUT2D eigenvalue weighted by molar-refractivity contribution is 5.89. The van der Waals surface area contributed by atoms with Crippen LogP contribution < -0.4 is 10.1 Å². The van der Waals surface area contributed by atoms with Crippen molar-refractivity contribution >= 4 is 16.7 Å². The zero-order valence-electron chi connectivity index (χ0n) is 13.5. The van der Waals surface area contributed by atoms with Gasteiger partial charge in [0.15, 0.2) is 0 Å². The Bertz CT molecular complexity index is 784. The Morgan fingerprint density at radius 1 is 1.04 bits per heavy atom. The van der Waals surface area contributed by atoms with E-state index in [2.05, 4.69) is 46.5 Å². The molecule has 0 atom stereocenters. The SMILES string of the molecule is COc1ccc(CCCNc2ncnc3ccc(C)cc23)cc1. The fourth-order valence-electron chi connectivity index (χ4n) is 2.60. The first-order valence-corrected chi connectivity index (χ1v) is 7.84. The molecule has 23 heavy (non-hydrogen) atoms. The van der Waals surface area contributed by atoms with Gasteiger partial charge in [0.2, 0.25) is 0 Å². The summed E-state index contributed by atoms with van der Waals surface area (Å²) < 4.78 is 5.18. The maximum absolute atomic E-state index is 5.18. The normalized spacial score (nSPS) is 10.7. The molecular weight excluding hydrogens is 286 g/mol. The quantitative estimate of drug-likeness (QED) is 0.699. The van der Waals surface area contributed by atoms with E-state index in [-0.39, 0.29) is 0 Å². The zero-order chi connectivity index (χ0) is 16.1. The molecule has 1 N–H and O–H groups in total. The Morgan fingerprint density at radius 3 is 2.65 bits per heavy atom. The number of hydrogen-bond acceptors (Lipinski definition) is 4. The summed E-state index contributed by atoms with van der Waals surface area (Å²) in [5.74, 6) is 1.81. The van der Waals surface area contributed by atoms with Crippen LogP contribution in [0.25, 0.3) is 10.9 Å². The molecule has 4 heteroatoms. The van der Waals surface area contributed by atoms with Gasteiger partial charge in [-0.3, -0.25) is 0 Å². The van der Waals surface area contributed by atoms with Gasteiger partial charge < -0.3 is 10.1 Å². The van der Waals surface area contributed by atoms with Gasteiger partial charge in [0.1, 0.15) is 17.9 Å². The average molecular weight is 307 g/mol. The van der Waals surface area contributed by atoms with E-state index in [1.807, 2.05) is 18.2 Å². The second-order valence-electron chi connectivity index (χ2n) is 5.62. The van der Waals surface area contributed by atoms with Crippen molar-refractivity contribution in [3.05, 3.63) is 59.9 Å². The van der Waals surface area contributed by atoms with Crippen LogP contribution in [0.5, 0.6) is 5.75 Å². The van der Waals surface area contributed by atoms with Gasteiger partial charge in [-0.05, 0) is 49.6 Å². The summed E-state index contributed by atoms with van der Waals surface area (Å²) in [6.07, 6.45) is 3.69. The zero-order valence-corrected chi connectivity index (χ0v) is 13.5. The number of aromatic nitrogens is 2. The number of rotatable bonds is 6. The predicted octanol–water partition coefficient (Wildman–Crippen LogP) is 3.99. The lowest BCUT2D eigenvalue weighted by Crippen LogP contribution is -2.05. The van der Waals surface area contributed by atoms with Crippen molar-refractivity contribution in [3.63, 3.8) is 0 Å². The standard InChI is InChI=1S/C19H21N3O/c1-14-5-10-18-17(12-14)19(22-13-21-18)20-11-3-4-15-6-8-16(23-2)9-7-15/h5-10,12-13H,3-4,11H2,1-2H3,(H,20,21,22). The molecule has 0 saturated carbocycles. The topological polar surface area (TPSA) is 47.0 Å². The summed E-state index contributed by atoms with van der Waals surface area (Å²) in [5, 5.41) is 4.51. The molecule has 0 saturated heterocycles. The minimum Gasteiger partial charge on any atom is -0.497 e. The van der Waals surface area contributed by atoms with Gasteiger partial charge in [0.05, 0.1) is 12.6 Å². The Kier molecular flexibility index (Phi) is 4.71. The van der Waals surface area contributed by atoms with E-state index < -0.39 is 0 Å². The first-order valence-electron chi connectivity index (χ1n) is 7.84. The monoisotopic (exact) mass is 307 g/mol. The van der Waals surface area contributed by atoms with Crippen molar-refractivity contribution < 1.29 is 4.74 Å². The van der Waals surface area contributed by atoms with E-state index in [9.17, 15) is 0 Å². The van der Waals surface area contributed by atoms with E-state index in [0.717, 1.165) is 41.9 Å². The van der Waals surface area contributed by atoms with Crippen LogP contribution in [0, 0.1) is 6.92 Å². The van der Waals surface area contributed by atoms with Gasteiger partial charge in [0.25, 0.3) is 0 Å². The van der Waals surface area contributed by atoms with Crippen LogP contribution in [-0.4, -0.2) is 23.6 Å². The van der Waals surface area contributed by atoms with E-state index >= 15 is 0 Å². The molecule has 118 valence electrons. The molecule has 1 heterocycles. The maximum Gasteiger partial charge on any atom is 0.137 e. The second kappa shape index (κ2) is 7.09. The molecule has 0 unspecified atom stereocenters. The highest BCUT2D eigenvalue weighted by atomic mass is 16.5. The molecule has 0 spiro atoms. The highest BCUT2D eigenvalue weighted by Gasteiger charge is 2.03. The Morgan fingerprint density at radius 2 is 1.87 bits per heavy atom. The maximum atomic E-state index is 5.18. The number of nitrogens with zero attached hydrogens (tertiary/aromatic N) is 2. The lowest BCUT2D eigenvalue weighted by atomic mass is 10.1. The molecule has 1 aromatic heterocycles. The fourth-order valence-corrected chi connectivity index (χ4v) is 2.60. The van der Waals surface area contributed by atoms with Crippen molar-refractivity contribution in [2.45, 2.75) is 19.8 Å². The predicted molar refractivity (Wildman–Crippen MR) is 94.1 cm³/mol. The highest BCUT2D eigenvalue weighted by Crippen LogP contribution is 2.20. The molecule has 0 amide bonds. The molecular formula is C19H21N3O. The summed E-state index contributed by atoms with van der Waals surface area (Å²) in [4.78, 5) is 8.69. The molecule has 0 aliphatic heterocycles. The van der Waals surface area contributed by atoms with Crippen LogP contribution in [0.3, 0.4) is 0 Å². The molecule has 0 aliphatic rings. The number of ether oxygens (including phenoxy) is 1. The van der Waals surface area contributed by atoms with Gasteiger partial charge in [-0.15, -0.1) is 0 Å². The summed E-state index contributed by atoms with van der Waals surface area (Å²) in [6, 6.07) is 14.5. The molecule has 3 rings (SSSR count). The van der Waals surface area contributed by atoms with E-state index in [1.165, 1.54) is 11.1 Å². The van der Waals surface area contributed by atoms with Crippen LogP contribution in [0.1, 0.15) is 17.5 Å². The summed E-state index contributed by atoms with van der Waals surface area (Å²) in [7, 11) is 1.69. The lowest BCUT2D eigenvalue weighted by molar-refractivity contribution is 0.414. The van der Waals surface area contributed by atoms with Crippen LogP contribution in [0.4, 0.5) is 5.82 Å². The third kappa shape index (κ3) is 3.77. The third-order valence-corrected chi connectivity index (χ3v) is 3.88. The van der Waals surface area contributed by atoms with Crippen LogP contribution in [0.15, 0.2) is 48.8 Å². The average Bonchev–Trinajstić information content (AvgIpc) is 2.59. The second-order valence-corrected chi connectivity index (χ2v) is 5.62. The Balaban J connectivity index is 1.59. The largest absolute Gasteiger partial charge is 0.497 e. The molecule has 2 aromatic carbocycles. The summed E-state index contributed by atoms with van der Waals surface area (Å²) >= 11 is 0. The number of nitrogens with one attached hydrogen (secondary N) is 1. The molecule has 3 aromatic rings. The Labute approximate surface area is 136 Å². The minimum atomic E-state index is 0.881. The Hall–Kier alpha value is -2.62. The van der Waals surface area contributed by atoms with Crippen molar-refractivity contribution in [1.29, 1.82) is 0 Å². The van der Waals surface area contributed by atoms with E-state index in [4.69, 9.17) is 4.74 Å². The minimum absolute atomic E-state index is 0.881. The first kappa shape index (κ1) is 15.3. The number of aryl methyl sites for hydroxylation is 2. The van der Waals surface area contributed by atoms with Crippen LogP contribution >= 0.6 is 0 Å². The van der Waals surface area contributed by atoms with Gasteiger partial charge in [-0.25, -0.2) is 9.97 Å². The summed E-state index contributed by atoms with van der Waals surface area (Å²) in [5.41, 5.74) is 3.51. The molecule has 0 fully saturated rings. The molecule has 0 bridgehead atoms. The first-order chi connectivity index (χ1) is 11.3. The molecule has 4 nitrogen and oxygen atoms in total. The van der Waals surface area contributed by atoms with Crippen molar-refractivity contribution in [1.82, 2.24) is 9.97 Å². The number of fused-ring (bicyclic) bond motifs is 1. The number of benzene rings is 2. The molecule has 0 radical (unpaired) electrons. The summed E-state index contributed by atoms with van der Waals surface area (Å²) in [6.45, 7) is 2.96. The number of hydrogen-bond donors (Lipinski definition) is 1. The van der Waals surface area contributed by atoms with Crippen LogP contribution in [0.2, 0.25) is 0 Å². The lowest BCUT2D eigenvalue weighted by Gasteiger charge is -2.09. The van der Waals surface area contributed by atoms with Gasteiger partial charge >= 0.3 is 0 Å². The van der Waals surface area contributed by atoms with Crippen molar-refractivity contribution in [3.8, 4) is 5.75 Å². The van der Waals surface area contributed by atoms with Crippen LogP contribution in [-0.2, 0) is 6.42 Å². The number of methoxy groups -OCH3 is 1.